The van der Waals surface area contributed by atoms with E-state index in [9.17, 15) is 4.79 Å². The maximum absolute atomic E-state index is 12.3. The van der Waals surface area contributed by atoms with Gasteiger partial charge in [-0.2, -0.15) is 0 Å². The summed E-state index contributed by atoms with van der Waals surface area (Å²) < 4.78 is 7.52. The van der Waals surface area contributed by atoms with Crippen molar-refractivity contribution in [2.45, 2.75) is 18.9 Å². The van der Waals surface area contributed by atoms with Gasteiger partial charge in [0.2, 0.25) is 5.91 Å². The molecule has 2 atom stereocenters. The molecule has 1 saturated heterocycles. The van der Waals surface area contributed by atoms with Crippen LogP contribution in [-0.4, -0.2) is 39.5 Å². The Bertz CT molecular complexity index is 801. The number of nitrogens with zero attached hydrogens (tertiary/aromatic N) is 3. The summed E-state index contributed by atoms with van der Waals surface area (Å²) in [6.45, 7) is 1.24. The highest BCUT2D eigenvalue weighted by Gasteiger charge is 2.29. The van der Waals surface area contributed by atoms with Crippen LogP contribution in [0.3, 0.4) is 0 Å². The number of fused-ring (bicyclic) bond motifs is 1. The summed E-state index contributed by atoms with van der Waals surface area (Å²) in [5.41, 5.74) is 2.01. The highest BCUT2D eigenvalue weighted by molar-refractivity contribution is 7.15. The van der Waals surface area contributed by atoms with Crippen LogP contribution in [0, 0.1) is 5.92 Å². The van der Waals surface area contributed by atoms with Gasteiger partial charge in [-0.25, -0.2) is 4.98 Å². The third-order valence-corrected chi connectivity index (χ3v) is 5.05. The van der Waals surface area contributed by atoms with Gasteiger partial charge in [-0.3, -0.25) is 14.2 Å². The van der Waals surface area contributed by atoms with Crippen molar-refractivity contribution >= 4 is 22.2 Å². The fraction of sp³-hybridized carbons (Fsp3) is 0.353. The third-order valence-electron chi connectivity index (χ3n) is 4.28. The number of nitrogens with one attached hydrogen (secondary N) is 1. The third kappa shape index (κ3) is 3.32. The molecule has 0 bridgehead atoms. The number of rotatable bonds is 5. The highest BCUT2D eigenvalue weighted by atomic mass is 32.1. The van der Waals surface area contributed by atoms with E-state index in [0.29, 0.717) is 25.6 Å². The van der Waals surface area contributed by atoms with E-state index in [0.717, 1.165) is 17.1 Å². The number of carbonyl (C=O) groups excluding carboxylic acids is 1. The Morgan fingerprint density at radius 2 is 2.25 bits per heavy atom. The van der Waals surface area contributed by atoms with Crippen LogP contribution in [0.2, 0.25) is 0 Å². The van der Waals surface area contributed by atoms with E-state index in [1.807, 2.05) is 34.3 Å². The molecule has 4 rings (SSSR count). The molecule has 1 aliphatic rings. The molecule has 0 aliphatic carbocycles. The van der Waals surface area contributed by atoms with Crippen molar-refractivity contribution in [1.29, 1.82) is 0 Å². The molecule has 1 fully saturated rings. The van der Waals surface area contributed by atoms with E-state index in [2.05, 4.69) is 15.3 Å². The predicted octanol–water partition coefficient (Wildman–Crippen LogP) is 1.71. The van der Waals surface area contributed by atoms with Gasteiger partial charge < -0.3 is 10.1 Å². The molecule has 7 heteroatoms. The average Bonchev–Trinajstić information content (AvgIpc) is 3.26. The first-order valence-electron chi connectivity index (χ1n) is 7.95. The van der Waals surface area contributed by atoms with Gasteiger partial charge in [0.25, 0.3) is 0 Å². The predicted molar refractivity (Wildman–Crippen MR) is 91.0 cm³/mol. The number of ether oxygens (including phenoxy) is 1. The summed E-state index contributed by atoms with van der Waals surface area (Å²) in [5, 5.41) is 5.09. The zero-order valence-electron chi connectivity index (χ0n) is 13.1. The minimum Gasteiger partial charge on any atom is -0.379 e. The Balaban J connectivity index is 1.36. The number of pyridine rings is 1. The minimum absolute atomic E-state index is 0.00372. The molecular formula is C17H18N4O2S. The lowest BCUT2D eigenvalue weighted by Gasteiger charge is -2.19. The second kappa shape index (κ2) is 6.70. The summed E-state index contributed by atoms with van der Waals surface area (Å²) in [5.74, 6) is 0.290. The lowest BCUT2D eigenvalue weighted by Crippen LogP contribution is -2.41. The summed E-state index contributed by atoms with van der Waals surface area (Å²) in [6.07, 6.45) is 8.63. The molecule has 1 N–H and O–H groups in total. The van der Waals surface area contributed by atoms with Crippen LogP contribution in [0.1, 0.15) is 11.3 Å². The number of amides is 1. The first-order chi connectivity index (χ1) is 11.8. The van der Waals surface area contributed by atoms with Gasteiger partial charge in [-0.05, 0) is 24.1 Å². The minimum atomic E-state index is -0.00372. The fourth-order valence-electron chi connectivity index (χ4n) is 3.06. The van der Waals surface area contributed by atoms with Gasteiger partial charge in [-0.1, -0.05) is 0 Å². The van der Waals surface area contributed by atoms with Crippen molar-refractivity contribution in [2.24, 2.45) is 5.92 Å². The normalized spacial score (nSPS) is 20.5. The van der Waals surface area contributed by atoms with E-state index in [1.54, 1.807) is 23.7 Å². The van der Waals surface area contributed by atoms with Crippen LogP contribution in [-0.2, 0) is 22.4 Å². The van der Waals surface area contributed by atoms with Crippen LogP contribution in [0.4, 0.5) is 0 Å². The molecule has 24 heavy (non-hydrogen) atoms. The van der Waals surface area contributed by atoms with Gasteiger partial charge in [0.05, 0.1) is 31.4 Å². The summed E-state index contributed by atoms with van der Waals surface area (Å²) in [6, 6.07) is 4.07. The molecule has 3 aromatic heterocycles. The lowest BCUT2D eigenvalue weighted by atomic mass is 9.95. The maximum atomic E-state index is 12.3. The van der Waals surface area contributed by atoms with Crippen LogP contribution in [0.15, 0.2) is 42.3 Å². The topological polar surface area (TPSA) is 68.5 Å². The van der Waals surface area contributed by atoms with Crippen molar-refractivity contribution in [1.82, 2.24) is 19.7 Å². The van der Waals surface area contributed by atoms with Crippen molar-refractivity contribution < 1.29 is 9.53 Å². The Labute approximate surface area is 143 Å². The monoisotopic (exact) mass is 342 g/mol. The van der Waals surface area contributed by atoms with Crippen molar-refractivity contribution in [3.8, 4) is 0 Å². The summed E-state index contributed by atoms with van der Waals surface area (Å²) in [4.78, 5) is 21.8. The molecular weight excluding hydrogens is 324 g/mol. The number of carbonyl (C=O) groups is 1. The van der Waals surface area contributed by atoms with E-state index in [4.69, 9.17) is 4.74 Å². The molecule has 0 aromatic carbocycles. The number of imidazole rings is 1. The molecule has 0 spiro atoms. The molecule has 0 saturated carbocycles. The van der Waals surface area contributed by atoms with Gasteiger partial charge in [0, 0.05) is 36.1 Å². The van der Waals surface area contributed by atoms with E-state index in [1.165, 1.54) is 5.56 Å². The number of hydrogen-bond donors (Lipinski definition) is 1. The SMILES string of the molecule is O=C(Cc1cn2ccsc2n1)NC1COCC1Cc1ccncc1. The summed E-state index contributed by atoms with van der Waals surface area (Å²) in [7, 11) is 0. The van der Waals surface area contributed by atoms with Crippen molar-refractivity contribution in [3.05, 3.63) is 53.6 Å². The van der Waals surface area contributed by atoms with Crippen LogP contribution in [0.25, 0.3) is 4.96 Å². The zero-order valence-corrected chi connectivity index (χ0v) is 13.9. The fourth-order valence-corrected chi connectivity index (χ4v) is 3.78. The van der Waals surface area contributed by atoms with Crippen LogP contribution >= 0.6 is 11.3 Å². The first kappa shape index (κ1) is 15.3. The number of hydrogen-bond acceptors (Lipinski definition) is 5. The molecule has 2 unspecified atom stereocenters. The van der Waals surface area contributed by atoms with Gasteiger partial charge >= 0.3 is 0 Å². The van der Waals surface area contributed by atoms with Crippen molar-refractivity contribution in [2.75, 3.05) is 13.2 Å². The molecule has 4 heterocycles. The smallest absolute Gasteiger partial charge is 0.226 e. The Hall–Kier alpha value is -2.25. The maximum Gasteiger partial charge on any atom is 0.226 e. The Morgan fingerprint density at radius 3 is 3.08 bits per heavy atom. The van der Waals surface area contributed by atoms with Crippen LogP contribution in [0.5, 0.6) is 0 Å². The zero-order chi connectivity index (χ0) is 16.4. The number of thiazole rings is 1. The molecule has 3 aromatic rings. The molecule has 0 radical (unpaired) electrons. The molecule has 6 nitrogen and oxygen atoms in total. The van der Waals surface area contributed by atoms with Gasteiger partial charge in [0.1, 0.15) is 0 Å². The standard InChI is InChI=1S/C17H18N4O2S/c22-16(8-14-9-21-5-6-24-17(21)19-14)20-15-11-23-10-13(15)7-12-1-3-18-4-2-12/h1-6,9,13,15H,7-8,10-11H2,(H,20,22). The quantitative estimate of drug-likeness (QED) is 0.766. The summed E-state index contributed by atoms with van der Waals surface area (Å²) >= 11 is 1.56. The first-order valence-corrected chi connectivity index (χ1v) is 8.83. The Kier molecular flexibility index (Phi) is 4.27. The molecule has 124 valence electrons. The van der Waals surface area contributed by atoms with Crippen molar-refractivity contribution in [3.63, 3.8) is 0 Å². The lowest BCUT2D eigenvalue weighted by molar-refractivity contribution is -0.121. The van der Waals surface area contributed by atoms with E-state index >= 15 is 0 Å². The average molecular weight is 342 g/mol. The largest absolute Gasteiger partial charge is 0.379 e. The van der Waals surface area contributed by atoms with E-state index in [-0.39, 0.29) is 11.9 Å². The molecule has 1 amide bonds. The second-order valence-electron chi connectivity index (χ2n) is 6.03. The number of aromatic nitrogens is 3. The van der Waals surface area contributed by atoms with Crippen LogP contribution < -0.4 is 5.32 Å². The Morgan fingerprint density at radius 1 is 1.38 bits per heavy atom. The second-order valence-corrected chi connectivity index (χ2v) is 6.91. The van der Waals surface area contributed by atoms with Gasteiger partial charge in [0.15, 0.2) is 4.96 Å². The molecule has 1 aliphatic heterocycles. The van der Waals surface area contributed by atoms with Gasteiger partial charge in [-0.15, -0.1) is 11.3 Å². The highest BCUT2D eigenvalue weighted by Crippen LogP contribution is 2.19. The van der Waals surface area contributed by atoms with E-state index < -0.39 is 0 Å².